The first-order chi connectivity index (χ1) is 6.99. The molecule has 3 heteroatoms. The zero-order valence-electron chi connectivity index (χ0n) is 11.2. The maximum atomic E-state index is 3.60. The maximum absolute atomic E-state index is 3.60. The Labute approximate surface area is 118 Å². The molecule has 0 radical (unpaired) electrons. The Morgan fingerprint density at radius 2 is 1.56 bits per heavy atom. The van der Waals surface area contributed by atoms with Crippen molar-refractivity contribution in [2.75, 3.05) is 4.98 Å². The van der Waals surface area contributed by atoms with Crippen LogP contribution in [0.25, 0.3) is 0 Å². The number of hydrogen-bond donors (Lipinski definition) is 1. The van der Waals surface area contributed by atoms with Crippen LogP contribution in [0, 0.1) is 6.92 Å². The summed E-state index contributed by atoms with van der Waals surface area (Å²) in [5, 5.41) is 0. The van der Waals surface area contributed by atoms with E-state index < -0.39 is 8.24 Å². The number of para-hydroxylation sites is 1. The van der Waals surface area contributed by atoms with E-state index in [4.69, 9.17) is 0 Å². The maximum Gasteiger partial charge on any atom is 2.00 e. The topological polar surface area (TPSA) is 12.0 Å². The second-order valence-electron chi connectivity index (χ2n) is 4.59. The van der Waals surface area contributed by atoms with Gasteiger partial charge in [0.15, 0.2) is 0 Å². The molecule has 0 saturated heterocycles. The van der Waals surface area contributed by atoms with Gasteiger partial charge in [0, 0.05) is 5.69 Å². The average Bonchev–Trinajstić information content (AvgIpc) is 2.17. The Bertz CT molecular complexity index is 242. The molecule has 0 aliphatic carbocycles. The number of hydrogen-bond acceptors (Lipinski definition) is 1. The van der Waals surface area contributed by atoms with E-state index in [1.165, 1.54) is 12.1 Å². The van der Waals surface area contributed by atoms with Gasteiger partial charge in [-0.3, -0.25) is 0 Å². The zero-order chi connectivity index (χ0) is 11.7. The van der Waals surface area contributed by atoms with Crippen LogP contribution in [0.5, 0.6) is 0 Å². The molecule has 0 amide bonds. The van der Waals surface area contributed by atoms with Gasteiger partial charge in [0.05, 0.1) is 0 Å². The van der Waals surface area contributed by atoms with Crippen molar-refractivity contribution < 1.29 is 0 Å². The van der Waals surface area contributed by atoms with Gasteiger partial charge >= 0.3 is 23.1 Å². The van der Waals surface area contributed by atoms with Crippen LogP contribution < -0.4 is 4.98 Å². The van der Waals surface area contributed by atoms with E-state index in [9.17, 15) is 0 Å². The van der Waals surface area contributed by atoms with Crippen molar-refractivity contribution in [3.8, 4) is 0 Å². The van der Waals surface area contributed by atoms with E-state index in [0.29, 0.717) is 0 Å². The third kappa shape index (κ3) is 12.1. The predicted molar refractivity (Wildman–Crippen MR) is 79.4 cm³/mol. The molecule has 0 fully saturated rings. The van der Waals surface area contributed by atoms with Crippen LogP contribution in [0.3, 0.4) is 0 Å². The van der Waals surface area contributed by atoms with Gasteiger partial charge in [-0.2, -0.15) is 6.42 Å². The summed E-state index contributed by atoms with van der Waals surface area (Å²) < 4.78 is 0. The first kappa shape index (κ1) is 18.4. The standard InChI is InChI=1S/C9H15NSi.C4H9.Mg/c1-11(2,3)10-9-7-5-4-6-8-9;1-3-4-2;/h4-8,10H,1-3H3;1,3-4H2,2H3;/q;-1;+2. The minimum absolute atomic E-state index is 0. The third-order valence-corrected chi connectivity index (χ3v) is 2.69. The number of benzene rings is 1. The minimum atomic E-state index is -1.15. The van der Waals surface area contributed by atoms with Crippen molar-refractivity contribution in [2.24, 2.45) is 0 Å². The molecule has 1 N–H and O–H groups in total. The zero-order valence-corrected chi connectivity index (χ0v) is 13.6. The van der Waals surface area contributed by atoms with E-state index >= 15 is 0 Å². The van der Waals surface area contributed by atoms with Crippen molar-refractivity contribution in [1.82, 2.24) is 0 Å². The molecule has 1 aromatic rings. The van der Waals surface area contributed by atoms with Crippen LogP contribution >= 0.6 is 0 Å². The Morgan fingerprint density at radius 1 is 1.12 bits per heavy atom. The van der Waals surface area contributed by atoms with Crippen molar-refractivity contribution in [2.45, 2.75) is 39.4 Å². The Kier molecular flexibility index (Phi) is 11.7. The van der Waals surface area contributed by atoms with Gasteiger partial charge in [-0.05, 0) is 12.1 Å². The van der Waals surface area contributed by atoms with E-state index in [2.05, 4.69) is 62.7 Å². The SMILES string of the molecule is C[Si](C)(C)Nc1ccccc1.[CH2-]CCC.[Mg+2]. The molecule has 0 heterocycles. The molecule has 1 nitrogen and oxygen atoms in total. The van der Waals surface area contributed by atoms with E-state index in [1.54, 1.807) is 0 Å². The molecule has 0 atom stereocenters. The van der Waals surface area contributed by atoms with Gasteiger partial charge in [-0.15, -0.1) is 0 Å². The molecule has 0 saturated carbocycles. The fourth-order valence-corrected chi connectivity index (χ4v) is 1.99. The first-order valence-corrected chi connectivity index (χ1v) is 9.12. The average molecular weight is 247 g/mol. The summed E-state index contributed by atoms with van der Waals surface area (Å²) in [5.41, 5.74) is 1.24. The molecule has 0 aliphatic rings. The minimum Gasteiger partial charge on any atom is -0.411 e. The number of nitrogens with one attached hydrogen (secondary N) is 1. The Balaban J connectivity index is 0. The fourth-order valence-electron chi connectivity index (χ4n) is 0.954. The molecule has 0 bridgehead atoms. The van der Waals surface area contributed by atoms with Crippen LogP contribution in [0.2, 0.25) is 19.6 Å². The van der Waals surface area contributed by atoms with Crippen molar-refractivity contribution in [1.29, 1.82) is 0 Å². The summed E-state index contributed by atoms with van der Waals surface area (Å²) in [4.78, 5) is 3.52. The van der Waals surface area contributed by atoms with E-state index in [0.717, 1.165) is 6.42 Å². The first-order valence-electron chi connectivity index (χ1n) is 5.62. The van der Waals surface area contributed by atoms with Crippen molar-refractivity contribution in [3.63, 3.8) is 0 Å². The molecule has 0 unspecified atom stereocenters. The molecule has 16 heavy (non-hydrogen) atoms. The molecule has 0 aliphatic heterocycles. The van der Waals surface area contributed by atoms with Gasteiger partial charge in [0.1, 0.15) is 8.24 Å². The molecule has 86 valence electrons. The molecular weight excluding hydrogens is 223 g/mol. The molecule has 0 aromatic heterocycles. The van der Waals surface area contributed by atoms with E-state index in [1.807, 2.05) is 6.07 Å². The van der Waals surface area contributed by atoms with Crippen molar-refractivity contribution >= 4 is 37.0 Å². The molecule has 0 spiro atoms. The summed E-state index contributed by atoms with van der Waals surface area (Å²) in [6, 6.07) is 10.4. The predicted octanol–water partition coefficient (Wildman–Crippen LogP) is 4.17. The van der Waals surface area contributed by atoms with E-state index in [-0.39, 0.29) is 23.1 Å². The number of rotatable bonds is 3. The summed E-state index contributed by atoms with van der Waals surface area (Å²) in [5.74, 6) is 0. The monoisotopic (exact) mass is 246 g/mol. The van der Waals surface area contributed by atoms with Crippen LogP contribution in [0.15, 0.2) is 30.3 Å². The second kappa shape index (κ2) is 10.2. The van der Waals surface area contributed by atoms with Gasteiger partial charge in [-0.25, -0.2) is 0 Å². The summed E-state index contributed by atoms with van der Waals surface area (Å²) in [6.45, 7) is 12.6. The third-order valence-electron chi connectivity index (χ3n) is 1.65. The smallest absolute Gasteiger partial charge is 0.411 e. The van der Waals surface area contributed by atoms with Crippen LogP contribution in [0.4, 0.5) is 5.69 Å². The van der Waals surface area contributed by atoms with Crippen LogP contribution in [0.1, 0.15) is 19.8 Å². The normalized spacial score (nSPS) is 9.56. The molecule has 1 aromatic carbocycles. The number of anilines is 1. The van der Waals surface area contributed by atoms with Crippen LogP contribution in [-0.4, -0.2) is 31.3 Å². The molecular formula is C13H24MgNSi+. The summed E-state index contributed by atoms with van der Waals surface area (Å²) in [6.07, 6.45) is 2.28. The van der Waals surface area contributed by atoms with Crippen molar-refractivity contribution in [3.05, 3.63) is 37.3 Å². The fraction of sp³-hybridized carbons (Fsp3) is 0.462. The van der Waals surface area contributed by atoms with Gasteiger partial charge in [-0.1, -0.05) is 51.2 Å². The van der Waals surface area contributed by atoms with Gasteiger partial charge in [0.25, 0.3) is 0 Å². The Hall–Kier alpha value is 0.00312. The van der Waals surface area contributed by atoms with Crippen LogP contribution in [-0.2, 0) is 0 Å². The Morgan fingerprint density at radius 3 is 1.88 bits per heavy atom. The second-order valence-corrected chi connectivity index (χ2v) is 9.34. The summed E-state index contributed by atoms with van der Waals surface area (Å²) in [7, 11) is -1.15. The quantitative estimate of drug-likeness (QED) is 0.623. The largest absolute Gasteiger partial charge is 2.00 e. The van der Waals surface area contributed by atoms with Gasteiger partial charge < -0.3 is 11.9 Å². The number of unbranched alkanes of at least 4 members (excludes halogenated alkanes) is 1. The molecule has 1 rings (SSSR count). The van der Waals surface area contributed by atoms with Gasteiger partial charge in [0.2, 0.25) is 0 Å². The summed E-state index contributed by atoms with van der Waals surface area (Å²) >= 11 is 0.